The zero-order chi connectivity index (χ0) is 22.9. The first kappa shape index (κ1) is 22.4. The van der Waals surface area contributed by atoms with Crippen molar-refractivity contribution in [2.75, 3.05) is 46.3 Å². The van der Waals surface area contributed by atoms with Crippen LogP contribution in [0.4, 0.5) is 0 Å². The minimum atomic E-state index is 0.0270. The molecule has 0 saturated carbocycles. The van der Waals surface area contributed by atoms with Crippen molar-refractivity contribution in [3.8, 4) is 0 Å². The SMILES string of the molecule is CN1CCN(C(=O)C2CCN(C(=O)c3cc4sccc4n3Cc3cccc(Cl)c3)CC2)CC1. The van der Waals surface area contributed by atoms with Gasteiger partial charge in [-0.3, -0.25) is 9.59 Å². The molecule has 2 amide bonds. The summed E-state index contributed by atoms with van der Waals surface area (Å²) in [6.07, 6.45) is 1.47. The Hall–Kier alpha value is -2.35. The number of carbonyl (C=O) groups is 2. The number of likely N-dealkylation sites (tertiary alicyclic amines) is 1. The highest BCUT2D eigenvalue weighted by Gasteiger charge is 2.32. The van der Waals surface area contributed by atoms with Gasteiger partial charge in [-0.2, -0.15) is 0 Å². The maximum Gasteiger partial charge on any atom is 0.270 e. The number of hydrogen-bond donors (Lipinski definition) is 0. The summed E-state index contributed by atoms with van der Waals surface area (Å²) < 4.78 is 3.21. The van der Waals surface area contributed by atoms with Crippen LogP contribution in [-0.4, -0.2) is 77.4 Å². The molecule has 174 valence electrons. The van der Waals surface area contributed by atoms with Crippen LogP contribution < -0.4 is 0 Å². The van der Waals surface area contributed by atoms with E-state index >= 15 is 0 Å². The van der Waals surface area contributed by atoms with Crippen molar-refractivity contribution < 1.29 is 9.59 Å². The first-order valence-electron chi connectivity index (χ1n) is 11.6. The van der Waals surface area contributed by atoms with Gasteiger partial charge in [-0.15, -0.1) is 11.3 Å². The molecular formula is C25H29ClN4O2S. The van der Waals surface area contributed by atoms with Crippen LogP contribution in [0.15, 0.2) is 41.8 Å². The lowest BCUT2D eigenvalue weighted by atomic mass is 9.94. The fraction of sp³-hybridized carbons (Fsp3) is 0.440. The van der Waals surface area contributed by atoms with Crippen LogP contribution in [0.1, 0.15) is 28.9 Å². The quantitative estimate of drug-likeness (QED) is 0.561. The fourth-order valence-electron chi connectivity index (χ4n) is 4.92. The average molecular weight is 485 g/mol. The number of hydrogen-bond acceptors (Lipinski definition) is 4. The summed E-state index contributed by atoms with van der Waals surface area (Å²) in [5.41, 5.74) is 2.85. The number of carbonyl (C=O) groups excluding carboxylic acids is 2. The van der Waals surface area contributed by atoms with Crippen molar-refractivity contribution >= 4 is 45.0 Å². The lowest BCUT2D eigenvalue weighted by Gasteiger charge is -2.37. The van der Waals surface area contributed by atoms with E-state index in [0.29, 0.717) is 30.4 Å². The van der Waals surface area contributed by atoms with E-state index in [4.69, 9.17) is 11.6 Å². The van der Waals surface area contributed by atoms with Crippen LogP contribution in [-0.2, 0) is 11.3 Å². The van der Waals surface area contributed by atoms with Crippen LogP contribution >= 0.6 is 22.9 Å². The van der Waals surface area contributed by atoms with Crippen LogP contribution in [0.5, 0.6) is 0 Å². The number of likely N-dealkylation sites (N-methyl/N-ethyl adjacent to an activating group) is 1. The van der Waals surface area contributed by atoms with E-state index in [0.717, 1.165) is 54.8 Å². The van der Waals surface area contributed by atoms with Gasteiger partial charge in [-0.25, -0.2) is 0 Å². The molecule has 2 aromatic heterocycles. The number of fused-ring (bicyclic) bond motifs is 1. The van der Waals surface area contributed by atoms with Crippen molar-refractivity contribution in [1.82, 2.24) is 19.3 Å². The second kappa shape index (κ2) is 9.49. The first-order chi connectivity index (χ1) is 16.0. The van der Waals surface area contributed by atoms with Gasteiger partial charge in [0.25, 0.3) is 5.91 Å². The monoisotopic (exact) mass is 484 g/mol. The molecule has 0 spiro atoms. The summed E-state index contributed by atoms with van der Waals surface area (Å²) in [4.78, 5) is 32.7. The van der Waals surface area contributed by atoms with Crippen molar-refractivity contribution in [1.29, 1.82) is 0 Å². The minimum Gasteiger partial charge on any atom is -0.340 e. The number of piperazine rings is 1. The molecule has 2 aliphatic heterocycles. The maximum absolute atomic E-state index is 13.5. The van der Waals surface area contributed by atoms with E-state index in [9.17, 15) is 9.59 Å². The normalized spacial score (nSPS) is 18.2. The van der Waals surface area contributed by atoms with Crippen molar-refractivity contribution in [3.63, 3.8) is 0 Å². The first-order valence-corrected chi connectivity index (χ1v) is 12.8. The smallest absolute Gasteiger partial charge is 0.270 e. The molecule has 0 N–H and O–H groups in total. The van der Waals surface area contributed by atoms with E-state index in [2.05, 4.69) is 28.0 Å². The number of piperidine rings is 1. The van der Waals surface area contributed by atoms with Crippen molar-refractivity contribution in [2.24, 2.45) is 5.92 Å². The zero-order valence-electron chi connectivity index (χ0n) is 18.9. The van der Waals surface area contributed by atoms with Gasteiger partial charge in [-0.05, 0) is 55.1 Å². The summed E-state index contributed by atoms with van der Waals surface area (Å²) in [6, 6.07) is 11.9. The highest BCUT2D eigenvalue weighted by atomic mass is 35.5. The summed E-state index contributed by atoms with van der Waals surface area (Å²) in [6.45, 7) is 5.33. The van der Waals surface area contributed by atoms with Gasteiger partial charge >= 0.3 is 0 Å². The molecule has 6 nitrogen and oxygen atoms in total. The van der Waals surface area contributed by atoms with Crippen LogP contribution in [0.25, 0.3) is 10.2 Å². The molecule has 5 rings (SSSR count). The van der Waals surface area contributed by atoms with Gasteiger partial charge in [0.2, 0.25) is 5.91 Å². The Kier molecular flexibility index (Phi) is 6.45. The lowest BCUT2D eigenvalue weighted by Crippen LogP contribution is -2.51. The Morgan fingerprint density at radius 3 is 2.48 bits per heavy atom. The van der Waals surface area contributed by atoms with E-state index in [1.54, 1.807) is 11.3 Å². The Bertz CT molecular complexity index is 1160. The Morgan fingerprint density at radius 2 is 1.76 bits per heavy atom. The molecule has 2 aliphatic rings. The Balaban J connectivity index is 1.29. The van der Waals surface area contributed by atoms with E-state index < -0.39 is 0 Å². The molecular weight excluding hydrogens is 456 g/mol. The maximum atomic E-state index is 13.5. The predicted molar refractivity (Wildman–Crippen MR) is 133 cm³/mol. The lowest BCUT2D eigenvalue weighted by molar-refractivity contribution is -0.138. The van der Waals surface area contributed by atoms with Gasteiger partial charge in [0.1, 0.15) is 5.69 Å². The highest BCUT2D eigenvalue weighted by molar-refractivity contribution is 7.17. The molecule has 0 unspecified atom stereocenters. The van der Waals surface area contributed by atoms with Crippen LogP contribution in [0, 0.1) is 5.92 Å². The summed E-state index contributed by atoms with van der Waals surface area (Å²) in [5.74, 6) is 0.338. The van der Waals surface area contributed by atoms with Crippen LogP contribution in [0.2, 0.25) is 5.02 Å². The predicted octanol–water partition coefficient (Wildman–Crippen LogP) is 4.03. The molecule has 0 aliphatic carbocycles. The second-order valence-corrected chi connectivity index (χ2v) is 10.5. The molecule has 2 saturated heterocycles. The molecule has 0 atom stereocenters. The Morgan fingerprint density at radius 1 is 1.00 bits per heavy atom. The highest BCUT2D eigenvalue weighted by Crippen LogP contribution is 2.29. The number of nitrogens with zero attached hydrogens (tertiary/aromatic N) is 4. The standard InChI is InChI=1S/C25H29ClN4O2S/c1-27-10-12-29(13-11-27)24(31)19-5-8-28(9-6-19)25(32)22-16-23-21(7-14-33-23)30(22)17-18-3-2-4-20(26)15-18/h2-4,7,14-16,19H,5-6,8-13,17H2,1H3. The topological polar surface area (TPSA) is 48.8 Å². The van der Waals surface area contributed by atoms with Crippen molar-refractivity contribution in [3.05, 3.63) is 58.1 Å². The Labute approximate surface area is 203 Å². The summed E-state index contributed by atoms with van der Waals surface area (Å²) >= 11 is 7.84. The number of halogens is 1. The van der Waals surface area contributed by atoms with Crippen molar-refractivity contribution in [2.45, 2.75) is 19.4 Å². The number of rotatable bonds is 4. The molecule has 0 radical (unpaired) electrons. The second-order valence-electron chi connectivity index (χ2n) is 9.11. The van der Waals surface area contributed by atoms with Gasteiger partial charge in [-0.1, -0.05) is 23.7 Å². The zero-order valence-corrected chi connectivity index (χ0v) is 20.4. The molecule has 4 heterocycles. The van der Waals surface area contributed by atoms with Gasteiger partial charge in [0.05, 0.1) is 10.2 Å². The number of amides is 2. The van der Waals surface area contributed by atoms with Crippen LogP contribution in [0.3, 0.4) is 0 Å². The largest absolute Gasteiger partial charge is 0.340 e. The number of aromatic nitrogens is 1. The van der Waals surface area contributed by atoms with E-state index in [1.807, 2.05) is 40.1 Å². The average Bonchev–Trinajstić information content (AvgIpc) is 3.41. The summed E-state index contributed by atoms with van der Waals surface area (Å²) in [7, 11) is 2.10. The van der Waals surface area contributed by atoms with Gasteiger partial charge < -0.3 is 19.3 Å². The molecule has 0 bridgehead atoms. The third-order valence-electron chi connectivity index (χ3n) is 6.92. The fourth-order valence-corrected chi connectivity index (χ4v) is 5.95. The third-order valence-corrected chi connectivity index (χ3v) is 8.01. The molecule has 3 aromatic rings. The molecule has 33 heavy (non-hydrogen) atoms. The molecule has 2 fully saturated rings. The third kappa shape index (κ3) is 4.67. The summed E-state index contributed by atoms with van der Waals surface area (Å²) in [5, 5.41) is 2.75. The minimum absolute atomic E-state index is 0.0270. The van der Waals surface area contributed by atoms with Gasteiger partial charge in [0.15, 0.2) is 0 Å². The molecule has 1 aromatic carbocycles. The number of thiophene rings is 1. The van der Waals surface area contributed by atoms with E-state index in [1.165, 1.54) is 0 Å². The number of benzene rings is 1. The molecule has 8 heteroatoms. The van der Waals surface area contributed by atoms with E-state index in [-0.39, 0.29) is 17.7 Å². The van der Waals surface area contributed by atoms with Gasteiger partial charge in [0, 0.05) is 56.8 Å².